The normalized spacial score (nSPS) is 17.4. The molecule has 24 heavy (non-hydrogen) atoms. The van der Waals surface area contributed by atoms with E-state index >= 15 is 0 Å². The van der Waals surface area contributed by atoms with Gasteiger partial charge >= 0.3 is 0 Å². The molecular formula is C18H21N3O2S. The lowest BCUT2D eigenvalue weighted by atomic mass is 10.0. The SMILES string of the molecule is Cc1cc(C)c(N2CC[C@H](NC(=O)c3scnc3C)C2=O)c(C)c1. The molecule has 126 valence electrons. The average molecular weight is 343 g/mol. The van der Waals surface area contributed by atoms with Crippen molar-refractivity contribution >= 4 is 28.8 Å². The standard InChI is InChI=1S/C18H21N3O2S/c1-10-7-11(2)15(12(3)8-10)21-6-5-14(18(21)23)20-17(22)16-13(4)19-9-24-16/h7-9,14H,5-6H2,1-4H3,(H,20,22)/t14-/m0/s1. The Bertz CT molecular complexity index is 789. The number of rotatable bonds is 3. The van der Waals surface area contributed by atoms with E-state index in [1.807, 2.05) is 13.8 Å². The van der Waals surface area contributed by atoms with E-state index in [-0.39, 0.29) is 11.8 Å². The first kappa shape index (κ1) is 16.6. The van der Waals surface area contributed by atoms with Crippen LogP contribution in [0.3, 0.4) is 0 Å². The van der Waals surface area contributed by atoms with Crippen LogP contribution in [0.4, 0.5) is 5.69 Å². The Balaban J connectivity index is 1.79. The number of hydrogen-bond donors (Lipinski definition) is 1. The molecular weight excluding hydrogens is 322 g/mol. The molecule has 1 fully saturated rings. The molecule has 2 heterocycles. The van der Waals surface area contributed by atoms with E-state index in [2.05, 4.69) is 29.4 Å². The average Bonchev–Trinajstić information content (AvgIpc) is 3.06. The number of carbonyl (C=O) groups is 2. The van der Waals surface area contributed by atoms with Crippen molar-refractivity contribution in [2.45, 2.75) is 40.2 Å². The van der Waals surface area contributed by atoms with Crippen molar-refractivity contribution in [1.29, 1.82) is 0 Å². The van der Waals surface area contributed by atoms with Crippen LogP contribution in [0.5, 0.6) is 0 Å². The highest BCUT2D eigenvalue weighted by Gasteiger charge is 2.35. The quantitative estimate of drug-likeness (QED) is 0.932. The van der Waals surface area contributed by atoms with Gasteiger partial charge in [0.2, 0.25) is 5.91 Å². The molecule has 2 aromatic rings. The van der Waals surface area contributed by atoms with Crippen LogP contribution in [-0.4, -0.2) is 29.4 Å². The largest absolute Gasteiger partial charge is 0.339 e. The van der Waals surface area contributed by atoms with Crippen LogP contribution in [0.2, 0.25) is 0 Å². The molecule has 1 N–H and O–H groups in total. The summed E-state index contributed by atoms with van der Waals surface area (Å²) in [6.07, 6.45) is 0.620. The topological polar surface area (TPSA) is 62.3 Å². The lowest BCUT2D eigenvalue weighted by Crippen LogP contribution is -2.41. The molecule has 1 aliphatic rings. The lowest BCUT2D eigenvalue weighted by Gasteiger charge is -2.22. The van der Waals surface area contributed by atoms with Gasteiger partial charge in [0, 0.05) is 12.2 Å². The van der Waals surface area contributed by atoms with Crippen LogP contribution < -0.4 is 10.2 Å². The predicted octanol–water partition coefficient (Wildman–Crippen LogP) is 2.91. The molecule has 0 saturated carbocycles. The molecule has 6 heteroatoms. The molecule has 0 aliphatic carbocycles. The van der Waals surface area contributed by atoms with E-state index in [1.165, 1.54) is 16.9 Å². The van der Waals surface area contributed by atoms with E-state index in [1.54, 1.807) is 17.3 Å². The summed E-state index contributed by atoms with van der Waals surface area (Å²) >= 11 is 1.30. The first-order chi connectivity index (χ1) is 11.4. The van der Waals surface area contributed by atoms with Gasteiger partial charge in [0.05, 0.1) is 11.2 Å². The fourth-order valence-corrected chi connectivity index (χ4v) is 4.08. The number of hydrogen-bond acceptors (Lipinski definition) is 4. The van der Waals surface area contributed by atoms with Gasteiger partial charge in [-0.25, -0.2) is 4.98 Å². The van der Waals surface area contributed by atoms with Crippen LogP contribution in [0.25, 0.3) is 0 Å². The zero-order chi connectivity index (χ0) is 17.4. The molecule has 0 unspecified atom stereocenters. The molecule has 5 nitrogen and oxygen atoms in total. The summed E-state index contributed by atoms with van der Waals surface area (Å²) in [4.78, 5) is 31.6. The van der Waals surface area contributed by atoms with Crippen molar-refractivity contribution in [3.63, 3.8) is 0 Å². The van der Waals surface area contributed by atoms with Crippen molar-refractivity contribution in [2.24, 2.45) is 0 Å². The Kier molecular flexibility index (Phi) is 4.41. The van der Waals surface area contributed by atoms with E-state index in [0.29, 0.717) is 23.5 Å². The Hall–Kier alpha value is -2.21. The van der Waals surface area contributed by atoms with Crippen molar-refractivity contribution in [3.05, 3.63) is 44.9 Å². The molecule has 1 saturated heterocycles. The van der Waals surface area contributed by atoms with Crippen molar-refractivity contribution in [3.8, 4) is 0 Å². The zero-order valence-electron chi connectivity index (χ0n) is 14.3. The summed E-state index contributed by atoms with van der Waals surface area (Å²) in [5.41, 5.74) is 6.68. The van der Waals surface area contributed by atoms with Gasteiger partial charge in [-0.05, 0) is 45.2 Å². The number of benzene rings is 1. The Morgan fingerprint density at radius 2 is 1.92 bits per heavy atom. The number of amides is 2. The van der Waals surface area contributed by atoms with Crippen LogP contribution in [0.1, 0.15) is 38.5 Å². The Morgan fingerprint density at radius 1 is 1.25 bits per heavy atom. The Labute approximate surface area is 145 Å². The molecule has 1 aromatic carbocycles. The van der Waals surface area contributed by atoms with Gasteiger partial charge in [-0.15, -0.1) is 11.3 Å². The second kappa shape index (κ2) is 6.36. The molecule has 1 aromatic heterocycles. The third kappa shape index (κ3) is 2.94. The Morgan fingerprint density at radius 3 is 2.50 bits per heavy atom. The van der Waals surface area contributed by atoms with Gasteiger partial charge in [-0.2, -0.15) is 0 Å². The van der Waals surface area contributed by atoms with E-state index in [0.717, 1.165) is 16.8 Å². The third-order valence-corrected chi connectivity index (χ3v) is 5.30. The van der Waals surface area contributed by atoms with Crippen LogP contribution in [-0.2, 0) is 4.79 Å². The van der Waals surface area contributed by atoms with Gasteiger partial charge in [0.15, 0.2) is 0 Å². The number of anilines is 1. The third-order valence-electron chi connectivity index (χ3n) is 4.37. The van der Waals surface area contributed by atoms with Gasteiger partial charge in [0.25, 0.3) is 5.91 Å². The maximum absolute atomic E-state index is 12.8. The van der Waals surface area contributed by atoms with Crippen molar-refractivity contribution < 1.29 is 9.59 Å². The van der Waals surface area contributed by atoms with Gasteiger partial charge in [-0.1, -0.05) is 17.7 Å². The minimum absolute atomic E-state index is 0.0411. The zero-order valence-corrected chi connectivity index (χ0v) is 15.2. The maximum Gasteiger partial charge on any atom is 0.263 e. The number of nitrogens with one attached hydrogen (secondary N) is 1. The molecule has 0 bridgehead atoms. The first-order valence-electron chi connectivity index (χ1n) is 7.98. The number of aromatic nitrogens is 1. The van der Waals surface area contributed by atoms with E-state index < -0.39 is 6.04 Å². The summed E-state index contributed by atoms with van der Waals surface area (Å²) in [7, 11) is 0. The molecule has 3 rings (SSSR count). The van der Waals surface area contributed by atoms with Crippen LogP contribution >= 0.6 is 11.3 Å². The van der Waals surface area contributed by atoms with Crippen molar-refractivity contribution in [2.75, 3.05) is 11.4 Å². The number of nitrogens with zero attached hydrogens (tertiary/aromatic N) is 2. The smallest absolute Gasteiger partial charge is 0.263 e. The number of thiazole rings is 1. The lowest BCUT2D eigenvalue weighted by molar-refractivity contribution is -0.118. The van der Waals surface area contributed by atoms with Crippen LogP contribution in [0, 0.1) is 27.7 Å². The number of carbonyl (C=O) groups excluding carboxylic acids is 2. The second-order valence-corrected chi connectivity index (χ2v) is 7.17. The summed E-state index contributed by atoms with van der Waals surface area (Å²) in [5.74, 6) is -0.256. The summed E-state index contributed by atoms with van der Waals surface area (Å²) in [6, 6.07) is 3.70. The van der Waals surface area contributed by atoms with Gasteiger partial charge in [0.1, 0.15) is 10.9 Å². The summed E-state index contributed by atoms with van der Waals surface area (Å²) in [6.45, 7) is 8.52. The highest BCUT2D eigenvalue weighted by Crippen LogP contribution is 2.30. The fourth-order valence-electron chi connectivity index (χ4n) is 3.38. The van der Waals surface area contributed by atoms with Crippen LogP contribution in [0.15, 0.2) is 17.6 Å². The molecule has 2 amide bonds. The molecule has 0 spiro atoms. The van der Waals surface area contributed by atoms with E-state index in [9.17, 15) is 9.59 Å². The van der Waals surface area contributed by atoms with Gasteiger partial charge in [-0.3, -0.25) is 9.59 Å². The number of aryl methyl sites for hydroxylation is 4. The maximum atomic E-state index is 12.8. The van der Waals surface area contributed by atoms with Crippen molar-refractivity contribution in [1.82, 2.24) is 10.3 Å². The highest BCUT2D eigenvalue weighted by molar-refractivity contribution is 7.11. The molecule has 0 radical (unpaired) electrons. The fraction of sp³-hybridized carbons (Fsp3) is 0.389. The van der Waals surface area contributed by atoms with Gasteiger partial charge < -0.3 is 10.2 Å². The first-order valence-corrected chi connectivity index (χ1v) is 8.86. The highest BCUT2D eigenvalue weighted by atomic mass is 32.1. The second-order valence-electron chi connectivity index (χ2n) is 6.32. The minimum atomic E-state index is -0.473. The predicted molar refractivity (Wildman–Crippen MR) is 95.7 cm³/mol. The molecule has 1 aliphatic heterocycles. The monoisotopic (exact) mass is 343 g/mol. The summed E-state index contributed by atoms with van der Waals surface area (Å²) < 4.78 is 0. The minimum Gasteiger partial charge on any atom is -0.339 e. The van der Waals surface area contributed by atoms with E-state index in [4.69, 9.17) is 0 Å². The summed E-state index contributed by atoms with van der Waals surface area (Å²) in [5, 5.41) is 2.86. The molecule has 1 atom stereocenters.